The first kappa shape index (κ1) is 33.6. The van der Waals surface area contributed by atoms with Gasteiger partial charge in [0.2, 0.25) is 0 Å². The number of aliphatic hydroxyl groups excluding tert-OH is 3. The molecule has 0 aromatic rings. The Labute approximate surface area is 178 Å². The molecule has 0 amide bonds. The van der Waals surface area contributed by atoms with Gasteiger partial charge in [0.05, 0.1) is 0 Å². The molecule has 0 unspecified atom stereocenters. The molecule has 1 aliphatic carbocycles. The second-order valence-electron chi connectivity index (χ2n) is 6.86. The summed E-state index contributed by atoms with van der Waals surface area (Å²) in [7, 11) is 0. The standard InChI is InChI=1S/C10H15.3C4H10O.Ti/c1-7-6-10(4,5)9(3)8(7)2;3*1-2-3-4-5;/h1-5H3;3*5H,2-4H2,1H3;/q-1;;;;. The van der Waals surface area contributed by atoms with Gasteiger partial charge in [-0.25, -0.2) is 5.57 Å². The van der Waals surface area contributed by atoms with Crippen LogP contribution in [0, 0.1) is 11.5 Å². The van der Waals surface area contributed by atoms with Gasteiger partial charge in [-0.15, -0.1) is 6.92 Å². The molecule has 0 bridgehead atoms. The van der Waals surface area contributed by atoms with E-state index in [0.29, 0.717) is 19.8 Å². The predicted octanol–water partition coefficient (Wildman–Crippen LogP) is 5.45. The third kappa shape index (κ3) is 20.4. The second-order valence-corrected chi connectivity index (χ2v) is 6.86. The summed E-state index contributed by atoms with van der Waals surface area (Å²) >= 11 is 0. The topological polar surface area (TPSA) is 60.7 Å². The summed E-state index contributed by atoms with van der Waals surface area (Å²) < 4.78 is 0. The van der Waals surface area contributed by atoms with Gasteiger partial charge < -0.3 is 15.3 Å². The summed E-state index contributed by atoms with van der Waals surface area (Å²) in [5.41, 5.74) is 4.39. The zero-order valence-corrected chi connectivity index (χ0v) is 20.3. The van der Waals surface area contributed by atoms with E-state index >= 15 is 0 Å². The van der Waals surface area contributed by atoms with Crippen LogP contribution in [0.5, 0.6) is 0 Å². The molecule has 26 heavy (non-hydrogen) atoms. The van der Waals surface area contributed by atoms with Crippen LogP contribution in [0.25, 0.3) is 0 Å². The van der Waals surface area contributed by atoms with Gasteiger partial charge in [0.15, 0.2) is 0 Å². The number of aliphatic hydroxyl groups is 3. The van der Waals surface area contributed by atoms with Crippen molar-refractivity contribution in [2.24, 2.45) is 5.41 Å². The van der Waals surface area contributed by atoms with Gasteiger partial charge in [-0.1, -0.05) is 73.1 Å². The Kier molecular flexibility index (Phi) is 29.9. The van der Waals surface area contributed by atoms with Crippen LogP contribution in [-0.2, 0) is 21.7 Å². The third-order valence-corrected chi connectivity index (χ3v) is 4.10. The summed E-state index contributed by atoms with van der Waals surface area (Å²) in [4.78, 5) is 0. The van der Waals surface area contributed by atoms with E-state index in [-0.39, 0.29) is 27.1 Å². The van der Waals surface area contributed by atoms with E-state index in [2.05, 4.69) is 61.5 Å². The molecule has 0 aromatic carbocycles. The minimum absolute atomic E-state index is 0. The van der Waals surface area contributed by atoms with Crippen LogP contribution in [0.15, 0.2) is 16.7 Å². The summed E-state index contributed by atoms with van der Waals surface area (Å²) in [6.07, 6.45) is 9.55. The van der Waals surface area contributed by atoms with E-state index in [1.807, 2.05) is 0 Å². The van der Waals surface area contributed by atoms with E-state index < -0.39 is 0 Å². The SMILES string of the molecule is CC1=[C-]C(C)(C)C(C)=C1C.CCCCO.CCCCO.CCCCO.[Ti]. The van der Waals surface area contributed by atoms with Gasteiger partial charge in [0.25, 0.3) is 0 Å². The minimum Gasteiger partial charge on any atom is -0.396 e. The van der Waals surface area contributed by atoms with Gasteiger partial charge in [0.1, 0.15) is 0 Å². The van der Waals surface area contributed by atoms with Crippen LogP contribution in [0.2, 0.25) is 0 Å². The average molecular weight is 405 g/mol. The monoisotopic (exact) mass is 405 g/mol. The smallest absolute Gasteiger partial charge is 0.0430 e. The first-order chi connectivity index (χ1) is 11.7. The zero-order chi connectivity index (χ0) is 20.3. The van der Waals surface area contributed by atoms with E-state index in [1.165, 1.54) is 16.7 Å². The minimum atomic E-state index is 0. The molecule has 0 saturated heterocycles. The van der Waals surface area contributed by atoms with Gasteiger partial charge in [-0.3, -0.25) is 6.08 Å². The molecule has 0 aliphatic heterocycles. The number of rotatable bonds is 6. The molecule has 1 aliphatic rings. The van der Waals surface area contributed by atoms with Crippen LogP contribution < -0.4 is 0 Å². The maximum absolute atomic E-state index is 8.07. The molecule has 0 saturated carbocycles. The maximum Gasteiger partial charge on any atom is 0.0430 e. The molecule has 0 fully saturated rings. The van der Waals surface area contributed by atoms with E-state index in [9.17, 15) is 0 Å². The Morgan fingerprint density at radius 1 is 0.731 bits per heavy atom. The first-order valence-corrected chi connectivity index (χ1v) is 9.82. The number of allylic oxidation sites excluding steroid dienone is 4. The average Bonchev–Trinajstić information content (AvgIpc) is 2.73. The van der Waals surface area contributed by atoms with Crippen molar-refractivity contribution in [3.63, 3.8) is 0 Å². The normalized spacial score (nSPS) is 13.9. The molecule has 3 N–H and O–H groups in total. The van der Waals surface area contributed by atoms with Crippen molar-refractivity contribution >= 4 is 0 Å². The van der Waals surface area contributed by atoms with Gasteiger partial charge in [-0.05, 0) is 19.3 Å². The van der Waals surface area contributed by atoms with E-state index in [1.54, 1.807) is 0 Å². The Bertz CT molecular complexity index is 327. The molecule has 0 atom stereocenters. The van der Waals surface area contributed by atoms with Crippen LogP contribution in [0.1, 0.15) is 93.9 Å². The molecule has 0 aromatic heterocycles. The fraction of sp³-hybridized carbons (Fsp3) is 0.818. The number of unbranched alkanes of at least 4 members (excludes halogenated alkanes) is 3. The summed E-state index contributed by atoms with van der Waals surface area (Å²) in [6, 6.07) is 0. The van der Waals surface area contributed by atoms with Gasteiger partial charge >= 0.3 is 0 Å². The molecule has 3 nitrogen and oxygen atoms in total. The van der Waals surface area contributed by atoms with Crippen molar-refractivity contribution in [3.05, 3.63) is 22.8 Å². The summed E-state index contributed by atoms with van der Waals surface area (Å²) in [6.45, 7) is 18.1. The molecular formula is C22H45O3Ti-. The van der Waals surface area contributed by atoms with Crippen molar-refractivity contribution in [2.75, 3.05) is 19.8 Å². The largest absolute Gasteiger partial charge is 0.396 e. The maximum atomic E-state index is 8.07. The molecule has 1 rings (SSSR count). The predicted molar refractivity (Wildman–Crippen MR) is 111 cm³/mol. The van der Waals surface area contributed by atoms with Gasteiger partial charge in [0, 0.05) is 41.5 Å². The zero-order valence-electron chi connectivity index (χ0n) is 18.7. The van der Waals surface area contributed by atoms with Crippen LogP contribution in [0.4, 0.5) is 0 Å². The molecule has 0 spiro atoms. The Morgan fingerprint density at radius 3 is 1.08 bits per heavy atom. The van der Waals surface area contributed by atoms with E-state index in [4.69, 9.17) is 15.3 Å². The first-order valence-electron chi connectivity index (χ1n) is 9.82. The molecule has 156 valence electrons. The number of hydrogen-bond donors (Lipinski definition) is 3. The summed E-state index contributed by atoms with van der Waals surface area (Å²) in [5, 5.41) is 24.2. The third-order valence-electron chi connectivity index (χ3n) is 4.10. The quantitative estimate of drug-likeness (QED) is 0.407. The molecule has 4 heteroatoms. The van der Waals surface area contributed by atoms with Crippen molar-refractivity contribution in [1.29, 1.82) is 0 Å². The van der Waals surface area contributed by atoms with Crippen LogP contribution in [0.3, 0.4) is 0 Å². The summed E-state index contributed by atoms with van der Waals surface area (Å²) in [5.74, 6) is 0. The van der Waals surface area contributed by atoms with Crippen molar-refractivity contribution in [3.8, 4) is 0 Å². The Balaban J connectivity index is -0.000000132. The van der Waals surface area contributed by atoms with Crippen molar-refractivity contribution in [1.82, 2.24) is 0 Å². The number of hydrogen-bond acceptors (Lipinski definition) is 3. The van der Waals surface area contributed by atoms with E-state index in [0.717, 1.165) is 38.5 Å². The second kappa shape index (κ2) is 23.1. The van der Waals surface area contributed by atoms with Crippen molar-refractivity contribution < 1.29 is 37.0 Å². The Morgan fingerprint density at radius 2 is 1.04 bits per heavy atom. The Hall–Kier alpha value is 0.0743. The molecule has 0 radical (unpaired) electrons. The molecular weight excluding hydrogens is 360 g/mol. The molecule has 0 heterocycles. The van der Waals surface area contributed by atoms with Gasteiger partial charge in [-0.2, -0.15) is 11.1 Å². The van der Waals surface area contributed by atoms with Crippen molar-refractivity contribution in [2.45, 2.75) is 93.9 Å². The van der Waals surface area contributed by atoms with Crippen LogP contribution >= 0.6 is 0 Å². The van der Waals surface area contributed by atoms with Crippen LogP contribution in [-0.4, -0.2) is 35.1 Å². The fourth-order valence-electron chi connectivity index (χ4n) is 1.88. The fourth-order valence-corrected chi connectivity index (χ4v) is 1.88.